The second kappa shape index (κ2) is 11.8. The molecule has 0 saturated heterocycles. The number of rotatable bonds is 0. The fourth-order valence-electron chi connectivity index (χ4n) is 4.66. The topological polar surface area (TPSA) is 53.0 Å². The molecule has 0 unspecified atom stereocenters. The molecule has 2 aromatic rings. The summed E-state index contributed by atoms with van der Waals surface area (Å²) in [7, 11) is 1.79. The maximum absolute atomic E-state index is 12.6. The fourth-order valence-corrected chi connectivity index (χ4v) is 4.86. The van der Waals surface area contributed by atoms with Crippen LogP contribution in [-0.4, -0.2) is 42.6 Å². The molecule has 2 aliphatic heterocycles. The van der Waals surface area contributed by atoms with Gasteiger partial charge in [0.2, 0.25) is 5.91 Å². The highest BCUT2D eigenvalue weighted by Crippen LogP contribution is 2.35. The van der Waals surface area contributed by atoms with Crippen molar-refractivity contribution in [2.24, 2.45) is 0 Å². The van der Waals surface area contributed by atoms with Crippen molar-refractivity contribution in [1.82, 2.24) is 4.90 Å². The first-order valence-electron chi connectivity index (χ1n) is 12.4. The Labute approximate surface area is 208 Å². The van der Waals surface area contributed by atoms with Crippen LogP contribution in [-0.2, 0) is 17.8 Å². The molecule has 34 heavy (non-hydrogen) atoms. The second-order valence-corrected chi connectivity index (χ2v) is 9.77. The zero-order valence-electron chi connectivity index (χ0n) is 20.0. The van der Waals surface area contributed by atoms with Crippen molar-refractivity contribution in [2.45, 2.75) is 57.7 Å². The number of aliphatic hydroxyl groups is 1. The largest absolute Gasteiger partial charge is 0.487 e. The maximum Gasteiger partial charge on any atom is 0.225 e. The van der Waals surface area contributed by atoms with Gasteiger partial charge in [-0.2, -0.15) is 0 Å². The molecular weight excluding hydrogens is 448 g/mol. The number of fused-ring (bicyclic) bond motifs is 2. The number of aryl methyl sites for hydroxylation is 1. The van der Waals surface area contributed by atoms with Crippen LogP contribution in [0.1, 0.15) is 61.3 Å². The first-order valence-corrected chi connectivity index (χ1v) is 12.7. The molecule has 1 amide bonds. The van der Waals surface area contributed by atoms with Gasteiger partial charge in [0.25, 0.3) is 0 Å². The van der Waals surface area contributed by atoms with E-state index in [1.54, 1.807) is 11.9 Å². The molecular formula is C28H35ClN2O3. The first-order chi connectivity index (χ1) is 16.5. The normalized spacial score (nSPS) is 21.4. The summed E-state index contributed by atoms with van der Waals surface area (Å²) in [6, 6.07) is 11.9. The third kappa shape index (κ3) is 6.34. The zero-order valence-corrected chi connectivity index (χ0v) is 20.8. The number of carbonyl (C=O) groups is 1. The lowest BCUT2D eigenvalue weighted by Gasteiger charge is -2.28. The highest BCUT2D eigenvalue weighted by molar-refractivity contribution is 6.30. The van der Waals surface area contributed by atoms with Gasteiger partial charge >= 0.3 is 0 Å². The van der Waals surface area contributed by atoms with Gasteiger partial charge in [0, 0.05) is 31.7 Å². The number of hydrogen-bond donors (Lipinski definition) is 1. The monoisotopic (exact) mass is 482 g/mol. The lowest BCUT2D eigenvalue weighted by atomic mass is 10.0. The smallest absolute Gasteiger partial charge is 0.225 e. The molecule has 1 N–H and O–H groups in total. The Morgan fingerprint density at radius 1 is 1.00 bits per heavy atom. The predicted molar refractivity (Wildman–Crippen MR) is 138 cm³/mol. The number of benzene rings is 2. The van der Waals surface area contributed by atoms with Crippen LogP contribution in [0.2, 0.25) is 5.02 Å². The molecule has 0 spiro atoms. The van der Waals surface area contributed by atoms with Crippen molar-refractivity contribution in [2.75, 3.05) is 31.6 Å². The molecule has 6 heteroatoms. The summed E-state index contributed by atoms with van der Waals surface area (Å²) in [5.41, 5.74) is 4.16. The lowest BCUT2D eigenvalue weighted by molar-refractivity contribution is -0.131. The summed E-state index contributed by atoms with van der Waals surface area (Å²) < 4.78 is 6.35. The van der Waals surface area contributed by atoms with Crippen molar-refractivity contribution < 1.29 is 14.6 Å². The number of aliphatic hydroxyl groups excluding tert-OH is 1. The molecule has 0 aromatic heterocycles. The molecule has 1 atom stereocenters. The van der Waals surface area contributed by atoms with Crippen LogP contribution in [0, 0.1) is 0 Å². The summed E-state index contributed by atoms with van der Waals surface area (Å²) in [6.45, 7) is 2.90. The molecule has 182 valence electrons. The van der Waals surface area contributed by atoms with Crippen LogP contribution in [0.3, 0.4) is 0 Å². The van der Waals surface area contributed by atoms with Gasteiger partial charge in [0.1, 0.15) is 12.4 Å². The minimum absolute atomic E-state index is 0.0630. The van der Waals surface area contributed by atoms with E-state index < -0.39 is 6.10 Å². The minimum atomic E-state index is -0.850. The Balaban J connectivity index is 1.66. The number of ether oxygens (including phenoxy) is 1. The molecule has 0 fully saturated rings. The molecule has 2 aliphatic rings. The Kier molecular flexibility index (Phi) is 8.52. The van der Waals surface area contributed by atoms with E-state index in [0.29, 0.717) is 13.2 Å². The number of nitrogens with zero attached hydrogens (tertiary/aromatic N) is 2. The van der Waals surface area contributed by atoms with E-state index in [9.17, 15) is 9.90 Å². The fraction of sp³-hybridized carbons (Fsp3) is 0.464. The molecule has 0 saturated carbocycles. The van der Waals surface area contributed by atoms with Crippen molar-refractivity contribution in [3.63, 3.8) is 0 Å². The van der Waals surface area contributed by atoms with Gasteiger partial charge < -0.3 is 19.6 Å². The van der Waals surface area contributed by atoms with E-state index in [4.69, 9.17) is 16.3 Å². The van der Waals surface area contributed by atoms with Crippen LogP contribution in [0.4, 0.5) is 5.69 Å². The summed E-state index contributed by atoms with van der Waals surface area (Å²) >= 11 is 6.27. The third-order valence-corrected chi connectivity index (χ3v) is 7.01. The Morgan fingerprint density at radius 3 is 2.68 bits per heavy atom. The number of likely N-dealkylation sites (N-methyl/N-ethyl adjacent to an activating group) is 1. The molecule has 2 aromatic carbocycles. The van der Waals surface area contributed by atoms with Gasteiger partial charge in [-0.05, 0) is 79.5 Å². The molecule has 0 aliphatic carbocycles. The number of halogens is 1. The summed E-state index contributed by atoms with van der Waals surface area (Å²) in [6.07, 6.45) is 9.69. The van der Waals surface area contributed by atoms with Gasteiger partial charge in [-0.15, -0.1) is 0 Å². The van der Waals surface area contributed by atoms with Crippen molar-refractivity contribution in [1.29, 1.82) is 0 Å². The Morgan fingerprint density at radius 2 is 1.82 bits per heavy atom. The van der Waals surface area contributed by atoms with Gasteiger partial charge in [-0.1, -0.05) is 35.9 Å². The SMILES string of the molecule is CN1C/C=C/CCCCN2CCCCc3cc(Cl)ccc3COc3ccc(cc32)[C@@H](O)CC1=O. The van der Waals surface area contributed by atoms with Gasteiger partial charge in [0.15, 0.2) is 0 Å². The van der Waals surface area contributed by atoms with Crippen molar-refractivity contribution >= 4 is 23.2 Å². The van der Waals surface area contributed by atoms with Crippen LogP contribution < -0.4 is 9.64 Å². The average molecular weight is 483 g/mol. The van der Waals surface area contributed by atoms with Crippen LogP contribution in [0.15, 0.2) is 48.6 Å². The second-order valence-electron chi connectivity index (χ2n) is 9.33. The highest BCUT2D eigenvalue weighted by atomic mass is 35.5. The van der Waals surface area contributed by atoms with E-state index >= 15 is 0 Å². The van der Waals surface area contributed by atoms with Crippen LogP contribution >= 0.6 is 11.6 Å². The van der Waals surface area contributed by atoms with E-state index in [-0.39, 0.29) is 12.3 Å². The number of amides is 1. The number of hydrogen-bond acceptors (Lipinski definition) is 4. The van der Waals surface area contributed by atoms with Gasteiger partial charge in [-0.3, -0.25) is 4.79 Å². The van der Waals surface area contributed by atoms with Crippen molar-refractivity contribution in [3.05, 3.63) is 70.3 Å². The number of carbonyl (C=O) groups excluding carboxylic acids is 1. The Bertz CT molecular complexity index is 1020. The number of anilines is 1. The molecule has 2 heterocycles. The van der Waals surface area contributed by atoms with E-state index in [1.807, 2.05) is 30.3 Å². The average Bonchev–Trinajstić information content (AvgIpc) is 2.86. The first kappa shape index (κ1) is 24.6. The molecule has 4 rings (SSSR count). The van der Waals surface area contributed by atoms with Gasteiger partial charge in [0.05, 0.1) is 18.2 Å². The summed E-state index contributed by atoms with van der Waals surface area (Å²) in [5.74, 6) is 0.748. The van der Waals surface area contributed by atoms with E-state index in [1.165, 1.54) is 5.56 Å². The maximum atomic E-state index is 12.6. The third-order valence-electron chi connectivity index (χ3n) is 6.77. The van der Waals surface area contributed by atoms with Crippen LogP contribution in [0.25, 0.3) is 0 Å². The Hall–Kier alpha value is -2.50. The lowest BCUT2D eigenvalue weighted by Crippen LogP contribution is -2.28. The standard InChI is InChI=1S/C28H35ClN2O3/c1-30-14-6-3-2-4-7-15-31-16-8-5-9-21-17-24(29)12-10-23(21)20-34-27-13-11-22(18-25(27)31)26(32)19-28(30)33/h3,6,10-13,17-18,26,32H,2,4-5,7-9,14-16,19-20H2,1H3/b6-3+/t26-/m0/s1. The zero-order chi connectivity index (χ0) is 23.9. The molecule has 2 bridgehead atoms. The summed E-state index contributed by atoms with van der Waals surface area (Å²) in [5, 5.41) is 11.6. The summed E-state index contributed by atoms with van der Waals surface area (Å²) in [4.78, 5) is 16.7. The predicted octanol–water partition coefficient (Wildman–Crippen LogP) is 5.68. The van der Waals surface area contributed by atoms with E-state index in [0.717, 1.165) is 79.2 Å². The van der Waals surface area contributed by atoms with Gasteiger partial charge in [-0.25, -0.2) is 0 Å². The number of allylic oxidation sites excluding steroid dienone is 1. The quantitative estimate of drug-likeness (QED) is 0.490. The molecule has 0 radical (unpaired) electrons. The highest BCUT2D eigenvalue weighted by Gasteiger charge is 2.21. The van der Waals surface area contributed by atoms with E-state index in [2.05, 4.69) is 23.1 Å². The van der Waals surface area contributed by atoms with Crippen molar-refractivity contribution in [3.8, 4) is 5.75 Å². The van der Waals surface area contributed by atoms with Crippen LogP contribution in [0.5, 0.6) is 5.75 Å². The molecule has 5 nitrogen and oxygen atoms in total. The minimum Gasteiger partial charge on any atom is -0.487 e.